The van der Waals surface area contributed by atoms with Gasteiger partial charge in [0.15, 0.2) is 0 Å². The van der Waals surface area contributed by atoms with Crippen molar-refractivity contribution in [2.45, 2.75) is 60.5 Å². The molecule has 0 bridgehead atoms. The average Bonchev–Trinajstić information content (AvgIpc) is 2.67. The number of hydrogen-bond acceptors (Lipinski definition) is 2. The maximum atomic E-state index is 12.2. The Labute approximate surface area is 181 Å². The van der Waals surface area contributed by atoms with Crippen molar-refractivity contribution in [2.24, 2.45) is 5.41 Å². The van der Waals surface area contributed by atoms with E-state index in [1.54, 1.807) is 18.2 Å². The predicted octanol–water partition coefficient (Wildman–Crippen LogP) is 6.65. The van der Waals surface area contributed by atoms with Gasteiger partial charge in [-0.1, -0.05) is 73.6 Å². The molecular formula is C27H35NO2. The van der Waals surface area contributed by atoms with Crippen LogP contribution in [0.25, 0.3) is 0 Å². The molecule has 0 heterocycles. The highest BCUT2D eigenvalue weighted by molar-refractivity contribution is 6.00. The smallest absolute Gasteiger partial charge is 0.248 e. The molecule has 1 aliphatic carbocycles. The van der Waals surface area contributed by atoms with Crippen molar-refractivity contribution in [1.29, 1.82) is 0 Å². The van der Waals surface area contributed by atoms with Gasteiger partial charge in [-0.2, -0.15) is 0 Å². The molecule has 0 aromatic heterocycles. The lowest BCUT2D eigenvalue weighted by atomic mass is 9.72. The van der Waals surface area contributed by atoms with E-state index in [2.05, 4.69) is 51.2 Å². The van der Waals surface area contributed by atoms with Crippen LogP contribution in [0.1, 0.15) is 59.4 Å². The zero-order chi connectivity index (χ0) is 22.1. The first kappa shape index (κ1) is 23.6. The van der Waals surface area contributed by atoms with Crippen molar-refractivity contribution >= 4 is 11.6 Å². The van der Waals surface area contributed by atoms with Gasteiger partial charge in [0.1, 0.15) is 0 Å². The fourth-order valence-electron chi connectivity index (χ4n) is 3.84. The van der Waals surface area contributed by atoms with E-state index in [4.69, 9.17) is 0 Å². The molecule has 2 N–H and O–H groups in total. The largest absolute Gasteiger partial charge is 0.392 e. The summed E-state index contributed by atoms with van der Waals surface area (Å²) in [5.74, 6) is -0.208. The number of anilines is 1. The topological polar surface area (TPSA) is 49.3 Å². The van der Waals surface area contributed by atoms with Crippen LogP contribution in [0.4, 0.5) is 5.69 Å². The number of nitrogens with one attached hydrogen (secondary N) is 1. The molecule has 30 heavy (non-hydrogen) atoms. The monoisotopic (exact) mass is 405 g/mol. The van der Waals surface area contributed by atoms with Crippen LogP contribution >= 0.6 is 0 Å². The Bertz CT molecular complexity index is 911. The zero-order valence-electron chi connectivity index (χ0n) is 19.0. The van der Waals surface area contributed by atoms with E-state index in [0.717, 1.165) is 5.57 Å². The van der Waals surface area contributed by atoms with Gasteiger partial charge in [-0.05, 0) is 62.7 Å². The van der Waals surface area contributed by atoms with Gasteiger partial charge < -0.3 is 10.4 Å². The number of rotatable bonds is 7. The third-order valence-corrected chi connectivity index (χ3v) is 5.58. The normalized spacial score (nSPS) is 17.8. The van der Waals surface area contributed by atoms with Crippen LogP contribution in [0.15, 0.2) is 83.0 Å². The quantitative estimate of drug-likeness (QED) is 0.394. The second kappa shape index (κ2) is 10.9. The van der Waals surface area contributed by atoms with Crippen LogP contribution in [-0.4, -0.2) is 11.0 Å². The number of carbonyl (C=O) groups excluding carboxylic acids is 1. The summed E-state index contributed by atoms with van der Waals surface area (Å²) in [6.45, 7) is 10.8. The fourth-order valence-corrected chi connectivity index (χ4v) is 3.84. The van der Waals surface area contributed by atoms with Gasteiger partial charge in [0.25, 0.3) is 0 Å². The Balaban J connectivity index is 1.99. The van der Waals surface area contributed by atoms with E-state index >= 15 is 0 Å². The van der Waals surface area contributed by atoms with E-state index in [1.165, 1.54) is 36.0 Å². The van der Waals surface area contributed by atoms with Gasteiger partial charge in [0.05, 0.1) is 6.61 Å². The first-order valence-corrected chi connectivity index (χ1v) is 10.6. The lowest BCUT2D eigenvalue weighted by Crippen LogP contribution is -2.19. The Kier molecular flexibility index (Phi) is 8.61. The number of aliphatic hydroxyl groups is 1. The van der Waals surface area contributed by atoms with Crippen LogP contribution in [0.3, 0.4) is 0 Å². The molecule has 0 radical (unpaired) electrons. The molecular weight excluding hydrogens is 370 g/mol. The second-order valence-electron chi connectivity index (χ2n) is 8.73. The molecule has 0 saturated carbocycles. The average molecular weight is 406 g/mol. The first-order chi connectivity index (χ1) is 14.2. The molecule has 0 atom stereocenters. The molecule has 1 aromatic rings. The molecule has 0 fully saturated rings. The van der Waals surface area contributed by atoms with Crippen molar-refractivity contribution in [3.63, 3.8) is 0 Å². The van der Waals surface area contributed by atoms with Crippen molar-refractivity contribution in [1.82, 2.24) is 0 Å². The number of amides is 1. The second-order valence-corrected chi connectivity index (χ2v) is 8.73. The summed E-state index contributed by atoms with van der Waals surface area (Å²) < 4.78 is 0. The van der Waals surface area contributed by atoms with Crippen LogP contribution < -0.4 is 5.32 Å². The number of allylic oxidation sites excluding steroid dienone is 9. The predicted molar refractivity (Wildman–Crippen MR) is 127 cm³/mol. The highest BCUT2D eigenvalue weighted by atomic mass is 16.3. The molecule has 1 aromatic carbocycles. The summed E-state index contributed by atoms with van der Waals surface area (Å²) in [5, 5.41) is 12.2. The van der Waals surface area contributed by atoms with Crippen LogP contribution in [-0.2, 0) is 11.4 Å². The van der Waals surface area contributed by atoms with Gasteiger partial charge in [0, 0.05) is 17.3 Å². The van der Waals surface area contributed by atoms with Crippen molar-refractivity contribution in [2.75, 3.05) is 5.32 Å². The zero-order valence-corrected chi connectivity index (χ0v) is 19.0. The van der Waals surface area contributed by atoms with Crippen LogP contribution in [0.2, 0.25) is 0 Å². The summed E-state index contributed by atoms with van der Waals surface area (Å²) >= 11 is 0. The highest BCUT2D eigenvalue weighted by Gasteiger charge is 2.26. The van der Waals surface area contributed by atoms with Crippen LogP contribution in [0, 0.1) is 5.41 Å². The van der Waals surface area contributed by atoms with Crippen molar-refractivity contribution < 1.29 is 9.90 Å². The third-order valence-electron chi connectivity index (χ3n) is 5.58. The fraction of sp³-hybridized carbons (Fsp3) is 0.370. The summed E-state index contributed by atoms with van der Waals surface area (Å²) in [4.78, 5) is 12.2. The molecule has 2 rings (SSSR count). The molecule has 3 heteroatoms. The highest BCUT2D eigenvalue weighted by Crippen LogP contribution is 2.40. The Morgan fingerprint density at radius 2 is 1.90 bits per heavy atom. The number of hydrogen-bond donors (Lipinski definition) is 2. The minimum Gasteiger partial charge on any atom is -0.392 e. The van der Waals surface area contributed by atoms with Gasteiger partial charge in [-0.3, -0.25) is 4.79 Å². The molecule has 0 unspecified atom stereocenters. The number of benzene rings is 1. The number of para-hydroxylation sites is 1. The molecule has 0 spiro atoms. The molecule has 1 amide bonds. The number of aliphatic hydroxyl groups excluding tert-OH is 1. The Morgan fingerprint density at radius 3 is 2.60 bits per heavy atom. The molecule has 3 nitrogen and oxygen atoms in total. The minimum absolute atomic E-state index is 0.107. The Hall–Kier alpha value is -2.65. The molecule has 160 valence electrons. The van der Waals surface area contributed by atoms with Crippen molar-refractivity contribution in [3.8, 4) is 0 Å². The minimum atomic E-state index is -0.208. The van der Waals surface area contributed by atoms with Gasteiger partial charge in [-0.25, -0.2) is 0 Å². The van der Waals surface area contributed by atoms with E-state index in [-0.39, 0.29) is 17.9 Å². The first-order valence-electron chi connectivity index (χ1n) is 10.6. The maximum absolute atomic E-state index is 12.2. The van der Waals surface area contributed by atoms with Crippen LogP contribution in [0.5, 0.6) is 0 Å². The maximum Gasteiger partial charge on any atom is 0.248 e. The Morgan fingerprint density at radius 1 is 1.17 bits per heavy atom. The lowest BCUT2D eigenvalue weighted by Gasteiger charge is -2.32. The van der Waals surface area contributed by atoms with Gasteiger partial charge >= 0.3 is 0 Å². The molecule has 0 saturated heterocycles. The number of carbonyl (C=O) groups is 1. The molecule has 1 aliphatic rings. The van der Waals surface area contributed by atoms with E-state index < -0.39 is 0 Å². The summed E-state index contributed by atoms with van der Waals surface area (Å²) in [6.07, 6.45) is 15.6. The van der Waals surface area contributed by atoms with E-state index in [9.17, 15) is 9.90 Å². The van der Waals surface area contributed by atoms with E-state index in [1.807, 2.05) is 31.2 Å². The lowest BCUT2D eigenvalue weighted by molar-refractivity contribution is -0.111. The summed E-state index contributed by atoms with van der Waals surface area (Å²) in [5.41, 5.74) is 6.56. The van der Waals surface area contributed by atoms with Gasteiger partial charge in [0.2, 0.25) is 5.91 Å². The summed E-state index contributed by atoms with van der Waals surface area (Å²) in [6, 6.07) is 7.24. The summed E-state index contributed by atoms with van der Waals surface area (Å²) in [7, 11) is 0. The third kappa shape index (κ3) is 7.00. The van der Waals surface area contributed by atoms with Gasteiger partial charge in [-0.15, -0.1) is 0 Å². The van der Waals surface area contributed by atoms with E-state index in [0.29, 0.717) is 11.3 Å². The standard InChI is InChI=1S/C27H35NO2/c1-20(15-16-24-22(3)12-9-17-27(24,4)5)10-8-11-21(2)18-26(30)28-25-14-7-6-13-23(25)19-29/h6-8,10-11,13-16,18,29H,9,12,17,19H2,1-5H3,(H,28,30)/b11-8+,16-15+,20-10+,21-18+. The van der Waals surface area contributed by atoms with Crippen molar-refractivity contribution in [3.05, 3.63) is 88.6 Å². The SMILES string of the molecule is CC1=C(/C=C/C(C)=C/C=C/C(C)=C/C(=O)Nc2ccccc2CO)C(C)(C)CCC1. The molecule has 0 aliphatic heterocycles.